The summed E-state index contributed by atoms with van der Waals surface area (Å²) in [5.74, 6) is 0.500. The van der Waals surface area contributed by atoms with E-state index < -0.39 is 11.7 Å². The number of likely N-dealkylation sites (tertiary alicyclic amines) is 1. The highest BCUT2D eigenvalue weighted by molar-refractivity contribution is 5.93. The molecule has 0 saturated carbocycles. The summed E-state index contributed by atoms with van der Waals surface area (Å²) in [5.41, 5.74) is -0.255. The Morgan fingerprint density at radius 1 is 1.07 bits per heavy atom. The van der Waals surface area contributed by atoms with E-state index in [1.807, 2.05) is 0 Å². The van der Waals surface area contributed by atoms with E-state index in [1.165, 1.54) is 18.2 Å². The molecule has 1 saturated heterocycles. The third-order valence-electron chi connectivity index (χ3n) is 4.41. The Balaban J connectivity index is 1.82. The van der Waals surface area contributed by atoms with Crippen molar-refractivity contribution < 1.29 is 18.0 Å². The van der Waals surface area contributed by atoms with Crippen LogP contribution >= 0.6 is 0 Å². The molecule has 0 atom stereocenters. The van der Waals surface area contributed by atoms with Crippen molar-refractivity contribution in [1.29, 1.82) is 0 Å². The van der Waals surface area contributed by atoms with Crippen molar-refractivity contribution in [2.24, 2.45) is 0 Å². The number of aromatic nitrogens is 2. The number of carbonyl (C=O) groups is 1. The van der Waals surface area contributed by atoms with Crippen LogP contribution in [0.5, 0.6) is 0 Å². The van der Waals surface area contributed by atoms with Crippen LogP contribution < -0.4 is 5.32 Å². The van der Waals surface area contributed by atoms with E-state index in [2.05, 4.69) is 15.3 Å². The molecule has 1 aliphatic heterocycles. The first-order valence-corrected chi connectivity index (χ1v) is 8.92. The summed E-state index contributed by atoms with van der Waals surface area (Å²) in [6.07, 6.45) is -0.284. The monoisotopic (exact) mass is 378 g/mol. The van der Waals surface area contributed by atoms with Gasteiger partial charge in [0.2, 0.25) is 0 Å². The summed E-state index contributed by atoms with van der Waals surface area (Å²) in [6.45, 7) is 3.03. The molecule has 1 aromatic heterocycles. The van der Waals surface area contributed by atoms with Crippen molar-refractivity contribution in [2.45, 2.75) is 38.8 Å². The first-order chi connectivity index (χ1) is 12.8. The minimum Gasteiger partial charge on any atom is -0.340 e. The largest absolute Gasteiger partial charge is 0.416 e. The number of aryl methyl sites for hydroxylation is 1. The van der Waals surface area contributed by atoms with Crippen molar-refractivity contribution in [2.75, 3.05) is 18.4 Å². The second kappa shape index (κ2) is 7.94. The molecule has 0 unspecified atom stereocenters. The second-order valence-corrected chi connectivity index (χ2v) is 6.60. The van der Waals surface area contributed by atoms with Crippen LogP contribution in [0.1, 0.15) is 47.6 Å². The van der Waals surface area contributed by atoms with Crippen molar-refractivity contribution in [1.82, 2.24) is 14.9 Å². The van der Waals surface area contributed by atoms with Gasteiger partial charge in [0.05, 0.1) is 5.56 Å². The van der Waals surface area contributed by atoms with Crippen LogP contribution in [-0.2, 0) is 6.18 Å². The number of anilines is 2. The van der Waals surface area contributed by atoms with Crippen LogP contribution in [0.2, 0.25) is 0 Å². The number of amides is 1. The molecule has 1 fully saturated rings. The lowest BCUT2D eigenvalue weighted by Gasteiger charge is -2.20. The summed E-state index contributed by atoms with van der Waals surface area (Å²) >= 11 is 0. The molecule has 0 spiro atoms. The van der Waals surface area contributed by atoms with E-state index in [4.69, 9.17) is 0 Å². The van der Waals surface area contributed by atoms with Gasteiger partial charge >= 0.3 is 6.18 Å². The number of nitrogens with one attached hydrogen (secondary N) is 1. The summed E-state index contributed by atoms with van der Waals surface area (Å²) in [6, 6.07) is 6.34. The Hall–Kier alpha value is -2.64. The molecule has 1 aromatic carbocycles. The third kappa shape index (κ3) is 4.96. The second-order valence-electron chi connectivity index (χ2n) is 6.60. The van der Waals surface area contributed by atoms with Gasteiger partial charge in [0.15, 0.2) is 0 Å². The van der Waals surface area contributed by atoms with Crippen LogP contribution in [0, 0.1) is 6.92 Å². The lowest BCUT2D eigenvalue weighted by atomic mass is 10.2. The van der Waals surface area contributed by atoms with Crippen molar-refractivity contribution >= 4 is 17.4 Å². The minimum atomic E-state index is -4.42. The van der Waals surface area contributed by atoms with Gasteiger partial charge in [-0.1, -0.05) is 18.9 Å². The maximum atomic E-state index is 12.9. The molecule has 2 aromatic rings. The summed E-state index contributed by atoms with van der Waals surface area (Å²) < 4.78 is 38.6. The Kier molecular flexibility index (Phi) is 5.62. The number of rotatable bonds is 3. The van der Waals surface area contributed by atoms with Gasteiger partial charge in [-0.2, -0.15) is 13.2 Å². The minimum absolute atomic E-state index is 0.172. The first kappa shape index (κ1) is 19.1. The quantitative estimate of drug-likeness (QED) is 0.850. The van der Waals surface area contributed by atoms with E-state index in [1.54, 1.807) is 11.8 Å². The molecule has 1 N–H and O–H groups in total. The van der Waals surface area contributed by atoms with Crippen LogP contribution in [0.15, 0.2) is 30.3 Å². The van der Waals surface area contributed by atoms with Gasteiger partial charge in [0, 0.05) is 24.8 Å². The average Bonchev–Trinajstić information content (AvgIpc) is 2.89. The Bertz CT molecular complexity index is 815. The van der Waals surface area contributed by atoms with E-state index in [9.17, 15) is 18.0 Å². The van der Waals surface area contributed by atoms with E-state index >= 15 is 0 Å². The van der Waals surface area contributed by atoms with Crippen LogP contribution in [0.4, 0.5) is 24.7 Å². The highest BCUT2D eigenvalue weighted by Crippen LogP contribution is 2.31. The normalized spacial score (nSPS) is 15.3. The summed E-state index contributed by atoms with van der Waals surface area (Å²) in [5, 5.41) is 2.85. The van der Waals surface area contributed by atoms with Crippen molar-refractivity contribution in [3.05, 3.63) is 47.4 Å². The highest BCUT2D eigenvalue weighted by Gasteiger charge is 2.30. The Morgan fingerprint density at radius 3 is 2.44 bits per heavy atom. The molecular weight excluding hydrogens is 357 g/mol. The smallest absolute Gasteiger partial charge is 0.340 e. The third-order valence-corrected chi connectivity index (χ3v) is 4.41. The van der Waals surface area contributed by atoms with Gasteiger partial charge in [-0.3, -0.25) is 4.79 Å². The van der Waals surface area contributed by atoms with Gasteiger partial charge in [-0.05, 0) is 38.0 Å². The van der Waals surface area contributed by atoms with Crippen LogP contribution in [0.25, 0.3) is 0 Å². The van der Waals surface area contributed by atoms with E-state index in [-0.39, 0.29) is 17.3 Å². The average molecular weight is 378 g/mol. The molecule has 3 rings (SSSR count). The lowest BCUT2D eigenvalue weighted by Crippen LogP contribution is -2.32. The number of hydrogen-bond acceptors (Lipinski definition) is 4. The fourth-order valence-corrected chi connectivity index (χ4v) is 3.10. The van der Waals surface area contributed by atoms with Gasteiger partial charge in [0.25, 0.3) is 5.91 Å². The molecule has 8 heteroatoms. The van der Waals surface area contributed by atoms with Gasteiger partial charge < -0.3 is 10.2 Å². The zero-order chi connectivity index (χ0) is 19.4. The molecule has 0 aliphatic carbocycles. The summed E-state index contributed by atoms with van der Waals surface area (Å²) in [7, 11) is 0. The van der Waals surface area contributed by atoms with Crippen molar-refractivity contribution in [3.63, 3.8) is 0 Å². The SMILES string of the molecule is Cc1nc(Nc2cccc(C(F)(F)F)c2)cc(C(=O)N2CCCCCC2)n1. The summed E-state index contributed by atoms with van der Waals surface area (Å²) in [4.78, 5) is 22.9. The van der Waals surface area contributed by atoms with E-state index in [0.717, 1.165) is 37.8 Å². The number of halogens is 3. The van der Waals surface area contributed by atoms with Crippen LogP contribution in [-0.4, -0.2) is 33.9 Å². The maximum Gasteiger partial charge on any atom is 0.416 e. The Morgan fingerprint density at radius 2 is 1.78 bits per heavy atom. The number of benzene rings is 1. The number of alkyl halides is 3. The molecular formula is C19H21F3N4O. The lowest BCUT2D eigenvalue weighted by molar-refractivity contribution is -0.137. The van der Waals surface area contributed by atoms with Crippen molar-refractivity contribution in [3.8, 4) is 0 Å². The molecule has 1 amide bonds. The van der Waals surface area contributed by atoms with Gasteiger partial charge in [-0.15, -0.1) is 0 Å². The van der Waals surface area contributed by atoms with Gasteiger partial charge in [0.1, 0.15) is 17.3 Å². The number of hydrogen-bond donors (Lipinski definition) is 1. The number of carbonyl (C=O) groups excluding carboxylic acids is 1. The zero-order valence-electron chi connectivity index (χ0n) is 15.0. The van der Waals surface area contributed by atoms with Crippen LogP contribution in [0.3, 0.4) is 0 Å². The molecule has 0 bridgehead atoms. The fourth-order valence-electron chi connectivity index (χ4n) is 3.10. The highest BCUT2D eigenvalue weighted by atomic mass is 19.4. The topological polar surface area (TPSA) is 58.1 Å². The zero-order valence-corrected chi connectivity index (χ0v) is 15.0. The predicted octanol–water partition coefficient (Wildman–Crippen LogP) is 4.56. The first-order valence-electron chi connectivity index (χ1n) is 8.92. The Labute approximate surface area is 155 Å². The van der Waals surface area contributed by atoms with Gasteiger partial charge in [-0.25, -0.2) is 9.97 Å². The molecule has 1 aliphatic rings. The molecule has 0 radical (unpaired) electrons. The maximum absolute atomic E-state index is 12.9. The molecule has 144 valence electrons. The molecule has 27 heavy (non-hydrogen) atoms. The predicted molar refractivity (Wildman–Crippen MR) is 95.9 cm³/mol. The molecule has 5 nitrogen and oxygen atoms in total. The molecule has 2 heterocycles. The van der Waals surface area contributed by atoms with E-state index in [0.29, 0.717) is 24.7 Å². The number of nitrogens with zero attached hydrogens (tertiary/aromatic N) is 3. The fraction of sp³-hybridized carbons (Fsp3) is 0.421. The standard InChI is InChI=1S/C19H21F3N4O/c1-13-23-16(18(27)26-9-4-2-3-5-10-26)12-17(24-13)25-15-8-6-7-14(11-15)19(20,21)22/h6-8,11-12H,2-5,9-10H2,1H3,(H,23,24,25).